The maximum atomic E-state index is 9.83. The summed E-state index contributed by atoms with van der Waals surface area (Å²) in [5.41, 5.74) is 0. The lowest BCUT2D eigenvalue weighted by Gasteiger charge is -1.85. The van der Waals surface area contributed by atoms with Gasteiger partial charge in [0.2, 0.25) is 0 Å². The van der Waals surface area contributed by atoms with Crippen LogP contribution >= 0.6 is 11.6 Å². The van der Waals surface area contributed by atoms with E-state index < -0.39 is 5.97 Å². The van der Waals surface area contributed by atoms with Gasteiger partial charge in [0.25, 0.3) is 0 Å². The maximum Gasteiger partial charge on any atom is 0.320 e. The number of hydrogen-bond acceptors (Lipinski definition) is 3. The highest BCUT2D eigenvalue weighted by Gasteiger charge is 1.89. The lowest BCUT2D eigenvalue weighted by atomic mass is 10.8. The fraction of sp³-hybridized carbons (Fsp3) is 0.750. The van der Waals surface area contributed by atoms with Crippen LogP contribution in [0.25, 0.3) is 0 Å². The van der Waals surface area contributed by atoms with Gasteiger partial charge in [-0.05, 0) is 0 Å². The second-order valence-corrected chi connectivity index (χ2v) is 0.977. The molecular formula is C4H11ClO4. The molecule has 3 N–H and O–H groups in total. The summed E-state index contributed by atoms with van der Waals surface area (Å²) in [6.07, 6.45) is 0. The molecule has 0 saturated heterocycles. The molecule has 0 aliphatic rings. The van der Waals surface area contributed by atoms with E-state index >= 15 is 0 Å². The number of carbonyl (C=O) groups excluding carboxylic acids is 1. The molecular weight excluding hydrogens is 147 g/mol. The second kappa shape index (κ2) is 15.6. The van der Waals surface area contributed by atoms with Gasteiger partial charge in [-0.1, -0.05) is 0 Å². The summed E-state index contributed by atoms with van der Waals surface area (Å²) in [5, 5.41) is 7.00. The van der Waals surface area contributed by atoms with Crippen molar-refractivity contribution >= 4 is 17.6 Å². The number of aliphatic hydroxyl groups is 1. The summed E-state index contributed by atoms with van der Waals surface area (Å²) in [7, 11) is 2.30. The molecule has 0 rings (SSSR count). The van der Waals surface area contributed by atoms with Crippen molar-refractivity contribution in [3.05, 3.63) is 0 Å². The van der Waals surface area contributed by atoms with E-state index in [9.17, 15) is 4.79 Å². The van der Waals surface area contributed by atoms with Gasteiger partial charge >= 0.3 is 5.97 Å². The molecule has 0 radical (unpaired) electrons. The fourth-order valence-corrected chi connectivity index (χ4v) is 0.164. The van der Waals surface area contributed by atoms with Crippen LogP contribution in [0.5, 0.6) is 0 Å². The summed E-state index contributed by atoms with van der Waals surface area (Å²) >= 11 is 4.98. The highest BCUT2D eigenvalue weighted by atomic mass is 35.5. The molecule has 58 valence electrons. The zero-order chi connectivity index (χ0) is 6.99. The van der Waals surface area contributed by atoms with Crippen LogP contribution in [-0.4, -0.2) is 36.7 Å². The van der Waals surface area contributed by atoms with Crippen molar-refractivity contribution < 1.29 is 20.1 Å². The van der Waals surface area contributed by atoms with Gasteiger partial charge in [0.15, 0.2) is 0 Å². The predicted molar refractivity (Wildman–Crippen MR) is 34.5 cm³/mol. The van der Waals surface area contributed by atoms with Crippen molar-refractivity contribution in [2.45, 2.75) is 0 Å². The first-order valence-electron chi connectivity index (χ1n) is 1.88. The van der Waals surface area contributed by atoms with E-state index in [0.29, 0.717) is 0 Å². The average Bonchev–Trinajstić information content (AvgIpc) is 1.91. The highest BCUT2D eigenvalue weighted by molar-refractivity contribution is 6.26. The third-order valence-electron chi connectivity index (χ3n) is 0.337. The molecule has 0 spiro atoms. The minimum Gasteiger partial charge on any atom is -0.468 e. The van der Waals surface area contributed by atoms with E-state index in [4.69, 9.17) is 16.7 Å². The molecule has 0 aliphatic heterocycles. The SMILES string of the molecule is CO.COC(=O)CCl.O. The quantitative estimate of drug-likeness (QED) is 0.400. The van der Waals surface area contributed by atoms with Crippen LogP contribution in [0.1, 0.15) is 0 Å². The molecule has 0 amide bonds. The van der Waals surface area contributed by atoms with Crippen LogP contribution in [0.2, 0.25) is 0 Å². The lowest BCUT2D eigenvalue weighted by Crippen LogP contribution is -1.99. The molecule has 0 bridgehead atoms. The number of hydrogen-bond donors (Lipinski definition) is 1. The minimum absolute atomic E-state index is 0. The van der Waals surface area contributed by atoms with Crippen LogP contribution in [0.3, 0.4) is 0 Å². The van der Waals surface area contributed by atoms with Crippen LogP contribution in [0.4, 0.5) is 0 Å². The Morgan fingerprint density at radius 2 is 2.00 bits per heavy atom. The zero-order valence-electron chi connectivity index (χ0n) is 5.35. The number of methoxy groups -OCH3 is 1. The molecule has 0 aliphatic carbocycles. The van der Waals surface area contributed by atoms with Gasteiger partial charge in [-0.15, -0.1) is 11.6 Å². The van der Waals surface area contributed by atoms with Crippen molar-refractivity contribution in [2.75, 3.05) is 20.1 Å². The normalized spacial score (nSPS) is 5.78. The van der Waals surface area contributed by atoms with Gasteiger partial charge in [-0.25, -0.2) is 0 Å². The number of alkyl halides is 1. The van der Waals surface area contributed by atoms with E-state index in [-0.39, 0.29) is 11.4 Å². The third-order valence-corrected chi connectivity index (χ3v) is 0.555. The number of halogens is 1. The number of carbonyl (C=O) groups is 1. The maximum absolute atomic E-state index is 9.83. The molecule has 0 heterocycles. The summed E-state index contributed by atoms with van der Waals surface area (Å²) in [6, 6.07) is 0. The van der Waals surface area contributed by atoms with E-state index in [2.05, 4.69) is 4.74 Å². The first-order chi connectivity index (χ1) is 3.81. The summed E-state index contributed by atoms with van der Waals surface area (Å²) in [6.45, 7) is 0. The number of ether oxygens (including phenoxy) is 1. The first kappa shape index (κ1) is 15.9. The van der Waals surface area contributed by atoms with Crippen molar-refractivity contribution in [2.24, 2.45) is 0 Å². The van der Waals surface area contributed by atoms with E-state index in [1.165, 1.54) is 7.11 Å². The molecule has 0 fully saturated rings. The second-order valence-electron chi connectivity index (χ2n) is 0.710. The minimum atomic E-state index is -0.392. The molecule has 0 atom stereocenters. The topological polar surface area (TPSA) is 78.0 Å². The van der Waals surface area contributed by atoms with Gasteiger partial charge in [0, 0.05) is 7.11 Å². The summed E-state index contributed by atoms with van der Waals surface area (Å²) in [4.78, 5) is 9.83. The van der Waals surface area contributed by atoms with Gasteiger partial charge in [0.05, 0.1) is 7.11 Å². The highest BCUT2D eigenvalue weighted by Crippen LogP contribution is 1.75. The van der Waals surface area contributed by atoms with Gasteiger partial charge < -0.3 is 15.3 Å². The monoisotopic (exact) mass is 158 g/mol. The number of rotatable bonds is 1. The smallest absolute Gasteiger partial charge is 0.320 e. The Balaban J connectivity index is -0.000000109. The van der Waals surface area contributed by atoms with Crippen LogP contribution < -0.4 is 0 Å². The molecule has 0 aromatic rings. The Kier molecular flexibility index (Phi) is 27.6. The summed E-state index contributed by atoms with van der Waals surface area (Å²) in [5.74, 6) is -0.451. The zero-order valence-corrected chi connectivity index (χ0v) is 6.10. The third kappa shape index (κ3) is 18.3. The van der Waals surface area contributed by atoms with E-state index in [1.807, 2.05) is 0 Å². The fourth-order valence-electron chi connectivity index (χ4n) is 0.0546. The van der Waals surface area contributed by atoms with Crippen molar-refractivity contribution in [3.63, 3.8) is 0 Å². The standard InChI is InChI=1S/C3H5ClO2.CH4O.H2O/c1-6-3(5)2-4;1-2;/h2H2,1H3;2H,1H3;1H2. The van der Waals surface area contributed by atoms with Crippen molar-refractivity contribution in [3.8, 4) is 0 Å². The molecule has 9 heavy (non-hydrogen) atoms. The molecule has 0 aromatic carbocycles. The number of esters is 1. The Bertz CT molecular complexity index is 50.5. The van der Waals surface area contributed by atoms with Crippen molar-refractivity contribution in [1.82, 2.24) is 0 Å². The van der Waals surface area contributed by atoms with Crippen LogP contribution in [0, 0.1) is 0 Å². The lowest BCUT2D eigenvalue weighted by molar-refractivity contribution is -0.137. The Labute approximate surface area is 58.7 Å². The van der Waals surface area contributed by atoms with Crippen LogP contribution in [-0.2, 0) is 9.53 Å². The molecule has 0 saturated carbocycles. The van der Waals surface area contributed by atoms with E-state index in [1.54, 1.807) is 0 Å². The van der Waals surface area contributed by atoms with Crippen molar-refractivity contribution in [1.29, 1.82) is 0 Å². The molecule has 0 aromatic heterocycles. The van der Waals surface area contributed by atoms with Crippen LogP contribution in [0.15, 0.2) is 0 Å². The molecule has 5 heteroatoms. The predicted octanol–water partition coefficient (Wildman–Crippen LogP) is -0.818. The Morgan fingerprint density at radius 3 is 2.00 bits per heavy atom. The van der Waals surface area contributed by atoms with Gasteiger partial charge in [-0.2, -0.15) is 0 Å². The average molecular weight is 159 g/mol. The largest absolute Gasteiger partial charge is 0.468 e. The number of aliphatic hydroxyl groups excluding tert-OH is 1. The van der Waals surface area contributed by atoms with E-state index in [0.717, 1.165) is 7.11 Å². The summed E-state index contributed by atoms with van der Waals surface area (Å²) < 4.78 is 4.13. The van der Waals surface area contributed by atoms with Gasteiger partial charge in [0.1, 0.15) is 5.88 Å². The van der Waals surface area contributed by atoms with Gasteiger partial charge in [-0.3, -0.25) is 4.79 Å². The first-order valence-corrected chi connectivity index (χ1v) is 2.42. The Morgan fingerprint density at radius 1 is 1.67 bits per heavy atom. The Hall–Kier alpha value is -0.320. The molecule has 4 nitrogen and oxygen atoms in total. The molecule has 0 unspecified atom stereocenters.